The first-order valence-electron chi connectivity index (χ1n) is 30.3. The van der Waals surface area contributed by atoms with Crippen LogP contribution >= 0.6 is 0 Å². The van der Waals surface area contributed by atoms with Crippen LogP contribution in [0.1, 0.15) is 158 Å². The van der Waals surface area contributed by atoms with Gasteiger partial charge in [0.15, 0.2) is 0 Å². The minimum Gasteiger partial charge on any atom is -0.317 e. The van der Waals surface area contributed by atoms with E-state index in [-0.39, 0.29) is 32.5 Å². The summed E-state index contributed by atoms with van der Waals surface area (Å²) in [6.07, 6.45) is 0. The second kappa shape index (κ2) is 18.3. The van der Waals surface area contributed by atoms with Crippen molar-refractivity contribution in [3.63, 3.8) is 0 Å². The minimum atomic E-state index is -0.112. The van der Waals surface area contributed by atoms with Crippen molar-refractivity contribution in [2.75, 3.05) is 0 Å². The summed E-state index contributed by atoms with van der Waals surface area (Å²) in [5.41, 5.74) is 19.7. The molecule has 0 atom stereocenters. The van der Waals surface area contributed by atoms with Gasteiger partial charge in [0.1, 0.15) is 0 Å². The Morgan fingerprint density at radius 2 is 0.548 bits per heavy atom. The molecule has 0 fully saturated rings. The van der Waals surface area contributed by atoms with Crippen LogP contribution < -0.4 is 0 Å². The molecule has 84 heavy (non-hydrogen) atoms. The lowest BCUT2D eigenvalue weighted by atomic mass is 9.85. The molecule has 0 radical (unpaired) electrons. The van der Waals surface area contributed by atoms with Gasteiger partial charge in [-0.1, -0.05) is 197 Å². The zero-order chi connectivity index (χ0) is 59.7. The van der Waals surface area contributed by atoms with E-state index in [1.54, 1.807) is 0 Å². The van der Waals surface area contributed by atoms with Crippen molar-refractivity contribution in [3.8, 4) is 22.7 Å². The molecular weight excluding hydrogens is 1020 g/mol. The zero-order valence-electron chi connectivity index (χ0n) is 52.8. The number of benzene rings is 9. The van der Waals surface area contributed by atoms with Crippen molar-refractivity contribution in [1.29, 1.82) is 0 Å². The van der Waals surface area contributed by atoms with Crippen LogP contribution in [-0.4, -0.2) is 18.3 Å². The maximum absolute atomic E-state index is 10.2. The average Bonchev–Trinajstić information content (AvgIpc) is 1.57. The van der Waals surface area contributed by atoms with Crippen LogP contribution in [-0.2, 0) is 32.5 Å². The Morgan fingerprint density at radius 1 is 0.274 bits per heavy atom. The van der Waals surface area contributed by atoms with Crippen LogP contribution in [0.15, 0.2) is 164 Å². The summed E-state index contributed by atoms with van der Waals surface area (Å²) < 4.78 is 10.00. The Bertz CT molecular complexity index is 4720. The average molecular weight is 1100 g/mol. The highest BCUT2D eigenvalue weighted by Crippen LogP contribution is 2.54. The van der Waals surface area contributed by atoms with E-state index in [0.29, 0.717) is 5.69 Å². The van der Waals surface area contributed by atoms with E-state index in [4.69, 9.17) is 4.85 Å². The van der Waals surface area contributed by atoms with Gasteiger partial charge >= 0.3 is 0 Å². The van der Waals surface area contributed by atoms with E-state index in [1.807, 2.05) is 0 Å². The molecule has 5 heteroatoms. The standard InChI is InChI=1S/C79H81N5/c1-74(2,3)47-29-35-62-55(41-47)56-42-48(75(4,5)6)30-36-63(56)82(62)71-68-54-27-23-24-28-61(54)81(53-25-21-20-22-26-53)70(68)72(83-64-37-31-49(76(7,8)9)43-57(64)58-44-50(77(10,11)12)32-38-65(58)83)69(80-19)73(71)84-66-39-33-51(78(13,14)15)45-59(66)60-46-52(79(16,17)18)34-40-67(60)84/h20-46H,1-18H3. The number of para-hydroxylation sites is 2. The van der Waals surface area contributed by atoms with Gasteiger partial charge < -0.3 is 18.3 Å². The van der Waals surface area contributed by atoms with Crippen molar-refractivity contribution in [2.45, 2.75) is 157 Å². The molecular formula is C79H81N5. The maximum atomic E-state index is 10.2. The molecule has 0 aliphatic rings. The Morgan fingerprint density at radius 3 is 0.857 bits per heavy atom. The molecule has 0 aliphatic heterocycles. The Hall–Kier alpha value is -8.33. The first kappa shape index (κ1) is 54.9. The van der Waals surface area contributed by atoms with E-state index in [0.717, 1.165) is 77.7 Å². The molecule has 0 aliphatic carbocycles. The van der Waals surface area contributed by atoms with Gasteiger partial charge in [-0.2, -0.15) is 0 Å². The Kier molecular flexibility index (Phi) is 12.0. The molecule has 13 aromatic rings. The third-order valence-electron chi connectivity index (χ3n) is 18.3. The van der Waals surface area contributed by atoms with E-state index < -0.39 is 0 Å². The lowest BCUT2D eigenvalue weighted by molar-refractivity contribution is 0.590. The fourth-order valence-corrected chi connectivity index (χ4v) is 13.3. The number of nitrogens with zero attached hydrogens (tertiary/aromatic N) is 5. The molecule has 0 bridgehead atoms. The summed E-state index contributed by atoms with van der Waals surface area (Å²) in [5, 5.41) is 9.27. The lowest BCUT2D eigenvalue weighted by Gasteiger charge is -2.25. The van der Waals surface area contributed by atoms with Gasteiger partial charge in [-0.05, 0) is 157 Å². The molecule has 0 saturated heterocycles. The molecule has 0 N–H and O–H groups in total. The minimum absolute atomic E-state index is 0.102. The summed E-state index contributed by atoms with van der Waals surface area (Å²) in [6, 6.07) is 62.6. The highest BCUT2D eigenvalue weighted by Gasteiger charge is 2.35. The summed E-state index contributed by atoms with van der Waals surface area (Å²) in [4.78, 5) is 5.10. The normalized spacial score (nSPS) is 13.3. The monoisotopic (exact) mass is 1100 g/mol. The largest absolute Gasteiger partial charge is 0.317 e. The van der Waals surface area contributed by atoms with Crippen LogP contribution in [0.4, 0.5) is 5.69 Å². The summed E-state index contributed by atoms with van der Waals surface area (Å²) in [6.45, 7) is 51.8. The van der Waals surface area contributed by atoms with Crippen LogP contribution in [0.2, 0.25) is 0 Å². The molecule has 0 unspecified atom stereocenters. The topological polar surface area (TPSA) is 24.1 Å². The molecule has 0 spiro atoms. The summed E-state index contributed by atoms with van der Waals surface area (Å²) >= 11 is 0. The fourth-order valence-electron chi connectivity index (χ4n) is 13.3. The van der Waals surface area contributed by atoms with Gasteiger partial charge in [-0.15, -0.1) is 0 Å². The Labute approximate surface area is 497 Å². The van der Waals surface area contributed by atoms with Crippen molar-refractivity contribution in [1.82, 2.24) is 18.3 Å². The van der Waals surface area contributed by atoms with Crippen LogP contribution in [0.25, 0.3) is 115 Å². The van der Waals surface area contributed by atoms with Gasteiger partial charge in [-0.25, -0.2) is 4.85 Å². The van der Waals surface area contributed by atoms with Gasteiger partial charge in [-0.3, -0.25) is 0 Å². The quantitative estimate of drug-likeness (QED) is 0.157. The molecule has 9 aromatic carbocycles. The zero-order valence-corrected chi connectivity index (χ0v) is 52.8. The number of hydrogen-bond donors (Lipinski definition) is 0. The Balaban J connectivity index is 1.37. The van der Waals surface area contributed by atoms with Gasteiger partial charge in [0.25, 0.3) is 0 Å². The van der Waals surface area contributed by atoms with E-state index >= 15 is 0 Å². The molecule has 0 amide bonds. The number of aromatic nitrogens is 4. The molecule has 422 valence electrons. The first-order valence-corrected chi connectivity index (χ1v) is 30.3. The third-order valence-corrected chi connectivity index (χ3v) is 18.3. The molecule has 5 nitrogen and oxygen atoms in total. The number of fused-ring (bicyclic) bond motifs is 12. The molecule has 4 heterocycles. The lowest BCUT2D eigenvalue weighted by Crippen LogP contribution is -2.12. The SMILES string of the molecule is [C-]#[N+]c1c(-n2c3ccc(C(C)(C)C)cc3c3cc(C(C)(C)C)ccc32)c(-n2c3ccc(C(C)(C)C)cc3c3cc(C(C)(C)C)ccc32)c2c3ccccc3n(-c3ccccc3)c2c1-n1c2ccc(C(C)(C)C)cc2c2cc(C(C)(C)C)ccc21. The van der Waals surface area contributed by atoms with Crippen LogP contribution in [0, 0.1) is 6.57 Å². The van der Waals surface area contributed by atoms with Crippen LogP contribution in [0.5, 0.6) is 0 Å². The summed E-state index contributed by atoms with van der Waals surface area (Å²) in [7, 11) is 0. The van der Waals surface area contributed by atoms with Crippen molar-refractivity contribution in [2.24, 2.45) is 0 Å². The second-order valence-corrected chi connectivity index (χ2v) is 30.3. The molecule has 4 aromatic heterocycles. The number of hydrogen-bond acceptors (Lipinski definition) is 0. The van der Waals surface area contributed by atoms with Crippen molar-refractivity contribution in [3.05, 3.63) is 209 Å². The summed E-state index contributed by atoms with van der Waals surface area (Å²) in [5.74, 6) is 0. The van der Waals surface area contributed by atoms with Crippen molar-refractivity contribution >= 4 is 92.9 Å². The maximum Gasteiger partial charge on any atom is 0.238 e. The fraction of sp³-hybridized carbons (Fsp3) is 0.304. The highest BCUT2D eigenvalue weighted by atomic mass is 15.1. The van der Waals surface area contributed by atoms with Crippen molar-refractivity contribution < 1.29 is 0 Å². The molecule has 0 saturated carbocycles. The van der Waals surface area contributed by atoms with E-state index in [1.165, 1.54) is 65.7 Å². The van der Waals surface area contributed by atoms with E-state index in [9.17, 15) is 6.57 Å². The van der Waals surface area contributed by atoms with Gasteiger partial charge in [0.2, 0.25) is 5.69 Å². The highest BCUT2D eigenvalue weighted by molar-refractivity contribution is 6.25. The molecule has 13 rings (SSSR count). The van der Waals surface area contributed by atoms with E-state index in [2.05, 4.69) is 307 Å². The third kappa shape index (κ3) is 8.44. The smallest absolute Gasteiger partial charge is 0.238 e. The predicted molar refractivity (Wildman–Crippen MR) is 362 cm³/mol. The second-order valence-electron chi connectivity index (χ2n) is 30.3. The first-order chi connectivity index (χ1) is 39.4. The van der Waals surface area contributed by atoms with Crippen LogP contribution in [0.3, 0.4) is 0 Å². The van der Waals surface area contributed by atoms with Gasteiger partial charge in [0, 0.05) is 48.8 Å². The van der Waals surface area contributed by atoms with Gasteiger partial charge in [0.05, 0.1) is 67.8 Å². The number of rotatable bonds is 4. The predicted octanol–water partition coefficient (Wildman–Crippen LogP) is 22.4.